The highest BCUT2D eigenvalue weighted by atomic mass is 19.1. The molecule has 1 heterocycles. The molecule has 1 N–H and O–H groups in total. The number of halogens is 1. The Morgan fingerprint density at radius 1 is 0.933 bits per heavy atom. The average molecular weight is 402 g/mol. The number of para-hydroxylation sites is 1. The largest absolute Gasteiger partial charge is 0.423 e. The minimum Gasteiger partial charge on any atom is -0.423 e. The number of esters is 1. The van der Waals surface area contributed by atoms with Gasteiger partial charge in [0.25, 0.3) is 11.8 Å². The number of hydrogen-bond acceptors (Lipinski definition) is 4. The van der Waals surface area contributed by atoms with E-state index < -0.39 is 23.6 Å². The number of rotatable bonds is 4. The van der Waals surface area contributed by atoms with Crippen molar-refractivity contribution >= 4 is 29.5 Å². The Kier molecular flexibility index (Phi) is 5.09. The molecule has 1 aliphatic rings. The minimum absolute atomic E-state index is 0.0409. The van der Waals surface area contributed by atoms with E-state index in [2.05, 4.69) is 5.43 Å². The van der Waals surface area contributed by atoms with Gasteiger partial charge >= 0.3 is 5.97 Å². The van der Waals surface area contributed by atoms with Gasteiger partial charge in [0.05, 0.1) is 11.3 Å². The van der Waals surface area contributed by atoms with E-state index in [1.165, 1.54) is 41.4 Å². The summed E-state index contributed by atoms with van der Waals surface area (Å²) < 4.78 is 18.3. The number of hydrazine groups is 1. The Labute approximate surface area is 171 Å². The van der Waals surface area contributed by atoms with E-state index in [1.807, 2.05) is 0 Å². The highest BCUT2D eigenvalue weighted by molar-refractivity contribution is 6.31. The van der Waals surface area contributed by atoms with Crippen molar-refractivity contribution in [2.24, 2.45) is 0 Å². The third-order valence-electron chi connectivity index (χ3n) is 4.37. The first kappa shape index (κ1) is 19.1. The van der Waals surface area contributed by atoms with Crippen LogP contribution in [0.5, 0.6) is 5.75 Å². The molecule has 0 bridgehead atoms. The van der Waals surface area contributed by atoms with Crippen LogP contribution < -0.4 is 15.2 Å². The maximum atomic E-state index is 13.0. The van der Waals surface area contributed by atoms with Crippen LogP contribution in [-0.4, -0.2) is 17.8 Å². The van der Waals surface area contributed by atoms with Gasteiger partial charge in [0, 0.05) is 0 Å². The molecule has 1 aliphatic heterocycles. The quantitative estimate of drug-likeness (QED) is 0.314. The Hall–Kier alpha value is -4.26. The smallest absolute Gasteiger partial charge is 0.343 e. The molecule has 0 aliphatic carbocycles. The van der Waals surface area contributed by atoms with Gasteiger partial charge in [-0.15, -0.1) is 0 Å². The first-order chi connectivity index (χ1) is 14.5. The molecule has 0 unspecified atom stereocenters. The number of carbonyl (C=O) groups is 3. The zero-order valence-electron chi connectivity index (χ0n) is 15.5. The van der Waals surface area contributed by atoms with Gasteiger partial charge in [-0.3, -0.25) is 15.0 Å². The second-order valence-electron chi connectivity index (χ2n) is 6.44. The standard InChI is InChI=1S/C23H15FN2O4/c24-17-11-9-16(10-12-17)23(29)30-19-8-4-5-15(13-19)14-20-21(27)25-26(22(20)28)18-6-2-1-3-7-18/h1-14H,(H,25,27)/b20-14+. The van der Waals surface area contributed by atoms with Crippen molar-refractivity contribution in [2.75, 3.05) is 5.01 Å². The first-order valence-corrected chi connectivity index (χ1v) is 9.01. The lowest BCUT2D eigenvalue weighted by Gasteiger charge is -2.13. The number of nitrogens with zero attached hydrogens (tertiary/aromatic N) is 1. The molecule has 0 spiro atoms. The average Bonchev–Trinajstić information content (AvgIpc) is 3.03. The van der Waals surface area contributed by atoms with Crippen molar-refractivity contribution in [1.29, 1.82) is 0 Å². The van der Waals surface area contributed by atoms with Crippen molar-refractivity contribution in [1.82, 2.24) is 5.43 Å². The lowest BCUT2D eigenvalue weighted by molar-refractivity contribution is -0.117. The van der Waals surface area contributed by atoms with Gasteiger partial charge in [0.1, 0.15) is 17.1 Å². The molecule has 3 aromatic rings. The van der Waals surface area contributed by atoms with Crippen LogP contribution in [0.15, 0.2) is 84.4 Å². The van der Waals surface area contributed by atoms with E-state index in [4.69, 9.17) is 4.74 Å². The second kappa shape index (κ2) is 8.00. The summed E-state index contributed by atoms with van der Waals surface area (Å²) in [5, 5.41) is 1.17. The van der Waals surface area contributed by atoms with Crippen molar-refractivity contribution in [3.05, 3.63) is 101 Å². The van der Waals surface area contributed by atoms with Crippen LogP contribution in [0.25, 0.3) is 6.08 Å². The highest BCUT2D eigenvalue weighted by Crippen LogP contribution is 2.23. The summed E-state index contributed by atoms with van der Waals surface area (Å²) in [7, 11) is 0. The summed E-state index contributed by atoms with van der Waals surface area (Å²) in [6.07, 6.45) is 1.43. The Morgan fingerprint density at radius 3 is 2.40 bits per heavy atom. The van der Waals surface area contributed by atoms with Gasteiger partial charge in [0.2, 0.25) is 0 Å². The van der Waals surface area contributed by atoms with Gasteiger partial charge in [-0.2, -0.15) is 0 Å². The summed E-state index contributed by atoms with van der Waals surface area (Å²) in [5.41, 5.74) is 3.73. The van der Waals surface area contributed by atoms with Crippen molar-refractivity contribution in [3.63, 3.8) is 0 Å². The predicted molar refractivity (Wildman–Crippen MR) is 108 cm³/mol. The highest BCUT2D eigenvalue weighted by Gasteiger charge is 2.34. The minimum atomic E-state index is -0.648. The fourth-order valence-corrected chi connectivity index (χ4v) is 2.90. The molecule has 2 amide bonds. The lowest BCUT2D eigenvalue weighted by Crippen LogP contribution is -2.35. The summed E-state index contributed by atoms with van der Waals surface area (Å²) in [5.74, 6) is -1.89. The molecular weight excluding hydrogens is 387 g/mol. The summed E-state index contributed by atoms with van der Waals surface area (Å²) in [6.45, 7) is 0. The molecule has 6 nitrogen and oxygen atoms in total. The number of anilines is 1. The zero-order valence-corrected chi connectivity index (χ0v) is 15.5. The molecule has 4 rings (SSSR count). The van der Waals surface area contributed by atoms with E-state index in [1.54, 1.807) is 48.5 Å². The monoisotopic (exact) mass is 402 g/mol. The van der Waals surface area contributed by atoms with Crippen LogP contribution in [0.3, 0.4) is 0 Å². The fourth-order valence-electron chi connectivity index (χ4n) is 2.90. The maximum Gasteiger partial charge on any atom is 0.343 e. The van der Waals surface area contributed by atoms with Crippen molar-refractivity contribution < 1.29 is 23.5 Å². The molecule has 148 valence electrons. The van der Waals surface area contributed by atoms with Gasteiger partial charge in [-0.05, 0) is 60.2 Å². The molecule has 1 saturated heterocycles. The molecular formula is C23H15FN2O4. The summed E-state index contributed by atoms with van der Waals surface area (Å²) >= 11 is 0. The lowest BCUT2D eigenvalue weighted by atomic mass is 10.1. The number of hydrogen-bond donors (Lipinski definition) is 1. The number of benzene rings is 3. The summed E-state index contributed by atoms with van der Waals surface area (Å²) in [6, 6.07) is 20.1. The van der Waals surface area contributed by atoms with Crippen LogP contribution in [0.1, 0.15) is 15.9 Å². The molecule has 0 atom stereocenters. The molecule has 7 heteroatoms. The van der Waals surface area contributed by atoms with Crippen LogP contribution in [0.2, 0.25) is 0 Å². The van der Waals surface area contributed by atoms with E-state index in [0.29, 0.717) is 11.3 Å². The summed E-state index contributed by atoms with van der Waals surface area (Å²) in [4.78, 5) is 37.1. The number of carbonyl (C=O) groups excluding carboxylic acids is 3. The van der Waals surface area contributed by atoms with E-state index >= 15 is 0 Å². The zero-order chi connectivity index (χ0) is 21.1. The van der Waals surface area contributed by atoms with Crippen LogP contribution >= 0.6 is 0 Å². The van der Waals surface area contributed by atoms with Crippen LogP contribution in [-0.2, 0) is 9.59 Å². The van der Waals surface area contributed by atoms with Gasteiger partial charge < -0.3 is 4.74 Å². The molecule has 0 aromatic heterocycles. The van der Waals surface area contributed by atoms with Crippen molar-refractivity contribution in [2.45, 2.75) is 0 Å². The van der Waals surface area contributed by atoms with Gasteiger partial charge in [-0.1, -0.05) is 30.3 Å². The van der Waals surface area contributed by atoms with Gasteiger partial charge in [-0.25, -0.2) is 14.2 Å². The molecule has 30 heavy (non-hydrogen) atoms. The topological polar surface area (TPSA) is 75.7 Å². The van der Waals surface area contributed by atoms with Crippen molar-refractivity contribution in [3.8, 4) is 5.75 Å². The van der Waals surface area contributed by atoms with E-state index in [0.717, 1.165) is 0 Å². The number of nitrogens with one attached hydrogen (secondary N) is 1. The molecule has 0 saturated carbocycles. The predicted octanol–water partition coefficient (Wildman–Crippen LogP) is 3.51. The SMILES string of the molecule is O=C1NN(c2ccccc2)C(=O)/C1=C/c1cccc(OC(=O)c2ccc(F)cc2)c1. The third-order valence-corrected chi connectivity index (χ3v) is 4.37. The number of ether oxygens (including phenoxy) is 1. The first-order valence-electron chi connectivity index (χ1n) is 9.01. The van der Waals surface area contributed by atoms with E-state index in [-0.39, 0.29) is 16.9 Å². The molecule has 1 fully saturated rings. The number of amides is 2. The third kappa shape index (κ3) is 3.95. The molecule has 0 radical (unpaired) electrons. The second-order valence-corrected chi connectivity index (χ2v) is 6.44. The Morgan fingerprint density at radius 2 is 1.67 bits per heavy atom. The Bertz CT molecular complexity index is 1160. The maximum absolute atomic E-state index is 13.0. The fraction of sp³-hybridized carbons (Fsp3) is 0. The van der Waals surface area contributed by atoms with E-state index in [9.17, 15) is 18.8 Å². The molecule has 3 aromatic carbocycles. The van der Waals surface area contributed by atoms with Crippen LogP contribution in [0.4, 0.5) is 10.1 Å². The Balaban J connectivity index is 1.54. The van der Waals surface area contributed by atoms with Crippen LogP contribution in [0, 0.1) is 5.82 Å². The van der Waals surface area contributed by atoms with Gasteiger partial charge in [0.15, 0.2) is 0 Å². The normalized spacial score (nSPS) is 14.7.